The summed E-state index contributed by atoms with van der Waals surface area (Å²) in [6.07, 6.45) is 3.90. The van der Waals surface area contributed by atoms with E-state index in [1.54, 1.807) is 0 Å². The van der Waals surface area contributed by atoms with Crippen molar-refractivity contribution in [2.75, 3.05) is 0 Å². The molecule has 2 unspecified atom stereocenters. The lowest BCUT2D eigenvalue weighted by atomic mass is 9.71. The molecule has 5 heteroatoms. The summed E-state index contributed by atoms with van der Waals surface area (Å²) in [5, 5.41) is 8.90. The maximum absolute atomic E-state index is 14.0. The fourth-order valence-corrected chi connectivity index (χ4v) is 3.18. The van der Waals surface area contributed by atoms with Crippen molar-refractivity contribution in [1.29, 1.82) is 0 Å². The van der Waals surface area contributed by atoms with Gasteiger partial charge in [0.05, 0.1) is 0 Å². The molecule has 110 valence electrons. The van der Waals surface area contributed by atoms with E-state index in [0.717, 1.165) is 25.3 Å². The number of halogens is 1. The summed E-state index contributed by atoms with van der Waals surface area (Å²) in [6, 6.07) is 1.14. The molecule has 1 fully saturated rings. The number of nitrogens with zero attached hydrogens (tertiary/aromatic N) is 1. The lowest BCUT2D eigenvalue weighted by Gasteiger charge is -2.38. The predicted octanol–water partition coefficient (Wildman–Crippen LogP) is 3.51. The number of hydrogen-bond donors (Lipinski definition) is 1. The third-order valence-corrected chi connectivity index (χ3v) is 3.71. The Labute approximate surface area is 118 Å². The molecule has 1 aliphatic carbocycles. The van der Waals surface area contributed by atoms with E-state index in [9.17, 15) is 9.18 Å². The molecular weight excluding hydrogens is 261 g/mol. The Hall–Kier alpha value is -1.65. The van der Waals surface area contributed by atoms with Crippen LogP contribution in [0, 0.1) is 17.2 Å². The van der Waals surface area contributed by atoms with Crippen LogP contribution in [0.4, 0.5) is 4.39 Å². The van der Waals surface area contributed by atoms with E-state index in [2.05, 4.69) is 25.8 Å². The standard InChI is InChI=1S/C15H20FNO3/c1-9-6-10(8-15(2,3)7-9)20-13-12(16)11(14(18)19)4-5-17-13/h4-5,9-10H,6-8H2,1-3H3,(H,18,19). The van der Waals surface area contributed by atoms with Crippen LogP contribution in [0.2, 0.25) is 0 Å². The molecule has 1 saturated carbocycles. The molecule has 1 heterocycles. The topological polar surface area (TPSA) is 59.4 Å². The molecule has 0 amide bonds. The van der Waals surface area contributed by atoms with Gasteiger partial charge in [-0.3, -0.25) is 0 Å². The van der Waals surface area contributed by atoms with Crippen molar-refractivity contribution in [1.82, 2.24) is 4.98 Å². The number of carbonyl (C=O) groups is 1. The van der Waals surface area contributed by atoms with Gasteiger partial charge in [0.15, 0.2) is 5.82 Å². The van der Waals surface area contributed by atoms with Gasteiger partial charge >= 0.3 is 5.97 Å². The highest BCUT2D eigenvalue weighted by Crippen LogP contribution is 2.40. The predicted molar refractivity (Wildman–Crippen MR) is 72.4 cm³/mol. The summed E-state index contributed by atoms with van der Waals surface area (Å²) in [5.74, 6) is -1.92. The van der Waals surface area contributed by atoms with Crippen LogP contribution in [0.3, 0.4) is 0 Å². The van der Waals surface area contributed by atoms with Crippen LogP contribution >= 0.6 is 0 Å². The number of aromatic nitrogens is 1. The SMILES string of the molecule is CC1CC(Oc2nccc(C(=O)O)c2F)CC(C)(C)C1. The number of aromatic carboxylic acids is 1. The summed E-state index contributed by atoms with van der Waals surface area (Å²) >= 11 is 0. The number of pyridine rings is 1. The van der Waals surface area contributed by atoms with E-state index in [-0.39, 0.29) is 17.4 Å². The highest BCUT2D eigenvalue weighted by molar-refractivity contribution is 5.88. The minimum atomic E-state index is -1.31. The van der Waals surface area contributed by atoms with E-state index >= 15 is 0 Å². The second-order valence-electron chi connectivity index (χ2n) is 6.44. The number of rotatable bonds is 3. The van der Waals surface area contributed by atoms with Crippen molar-refractivity contribution in [3.63, 3.8) is 0 Å². The van der Waals surface area contributed by atoms with Crippen molar-refractivity contribution in [3.8, 4) is 5.88 Å². The first kappa shape index (κ1) is 14.8. The second kappa shape index (κ2) is 5.38. The average molecular weight is 281 g/mol. The minimum Gasteiger partial charge on any atom is -0.478 e. The van der Waals surface area contributed by atoms with Crippen LogP contribution in [0.15, 0.2) is 12.3 Å². The van der Waals surface area contributed by atoms with Crippen molar-refractivity contribution >= 4 is 5.97 Å². The quantitative estimate of drug-likeness (QED) is 0.921. The fraction of sp³-hybridized carbons (Fsp3) is 0.600. The number of carboxylic acid groups (broad SMARTS) is 1. The molecule has 2 atom stereocenters. The van der Waals surface area contributed by atoms with Gasteiger partial charge in [0.25, 0.3) is 5.88 Å². The van der Waals surface area contributed by atoms with Crippen molar-refractivity contribution in [3.05, 3.63) is 23.6 Å². The summed E-state index contributed by atoms with van der Waals surface area (Å²) in [5.41, 5.74) is -0.262. The van der Waals surface area contributed by atoms with Gasteiger partial charge < -0.3 is 9.84 Å². The normalized spacial score (nSPS) is 25.2. The van der Waals surface area contributed by atoms with Gasteiger partial charge in [0.1, 0.15) is 11.7 Å². The Morgan fingerprint density at radius 3 is 2.80 bits per heavy atom. The van der Waals surface area contributed by atoms with E-state index in [1.807, 2.05) is 0 Å². The van der Waals surface area contributed by atoms with Crippen LogP contribution in [0.5, 0.6) is 5.88 Å². The summed E-state index contributed by atoms with van der Waals surface area (Å²) in [7, 11) is 0. The van der Waals surface area contributed by atoms with E-state index < -0.39 is 17.3 Å². The zero-order chi connectivity index (χ0) is 14.9. The molecule has 20 heavy (non-hydrogen) atoms. The lowest BCUT2D eigenvalue weighted by molar-refractivity contribution is 0.0494. The molecule has 1 aromatic rings. The summed E-state index contributed by atoms with van der Waals surface area (Å²) in [4.78, 5) is 14.7. The molecule has 0 saturated heterocycles. The van der Waals surface area contributed by atoms with E-state index in [4.69, 9.17) is 9.84 Å². The Bertz CT molecular complexity index is 516. The largest absolute Gasteiger partial charge is 0.478 e. The Kier molecular flexibility index (Phi) is 3.97. The van der Waals surface area contributed by atoms with Crippen molar-refractivity contribution in [2.24, 2.45) is 11.3 Å². The van der Waals surface area contributed by atoms with Crippen molar-refractivity contribution < 1.29 is 19.0 Å². The van der Waals surface area contributed by atoms with Gasteiger partial charge in [0.2, 0.25) is 0 Å². The van der Waals surface area contributed by atoms with E-state index in [0.29, 0.717) is 5.92 Å². The molecule has 1 aromatic heterocycles. The molecule has 4 nitrogen and oxygen atoms in total. The first-order valence-electron chi connectivity index (χ1n) is 6.83. The maximum atomic E-state index is 14.0. The molecule has 1 aliphatic rings. The smallest absolute Gasteiger partial charge is 0.338 e. The van der Waals surface area contributed by atoms with Gasteiger partial charge in [-0.2, -0.15) is 0 Å². The second-order valence-corrected chi connectivity index (χ2v) is 6.44. The Balaban J connectivity index is 2.18. The number of ether oxygens (including phenoxy) is 1. The third-order valence-electron chi connectivity index (χ3n) is 3.71. The van der Waals surface area contributed by atoms with Gasteiger partial charge in [-0.1, -0.05) is 20.8 Å². The summed E-state index contributed by atoms with van der Waals surface area (Å²) < 4.78 is 19.6. The van der Waals surface area contributed by atoms with Gasteiger partial charge in [0, 0.05) is 6.20 Å². The van der Waals surface area contributed by atoms with Crippen LogP contribution < -0.4 is 4.74 Å². The zero-order valence-corrected chi connectivity index (χ0v) is 12.0. The molecule has 2 rings (SSSR count). The first-order chi connectivity index (χ1) is 9.28. The molecule has 0 aromatic carbocycles. The molecule has 0 bridgehead atoms. The highest BCUT2D eigenvalue weighted by Gasteiger charge is 2.34. The van der Waals surface area contributed by atoms with Gasteiger partial charge in [-0.05, 0) is 36.7 Å². The van der Waals surface area contributed by atoms with Crippen LogP contribution in [0.1, 0.15) is 50.4 Å². The van der Waals surface area contributed by atoms with Crippen LogP contribution in [0.25, 0.3) is 0 Å². The van der Waals surface area contributed by atoms with Gasteiger partial charge in [-0.25, -0.2) is 14.2 Å². The molecule has 0 radical (unpaired) electrons. The first-order valence-corrected chi connectivity index (χ1v) is 6.83. The number of hydrogen-bond acceptors (Lipinski definition) is 3. The molecule has 0 aliphatic heterocycles. The molecule has 0 spiro atoms. The Morgan fingerprint density at radius 2 is 2.20 bits per heavy atom. The van der Waals surface area contributed by atoms with Crippen LogP contribution in [-0.2, 0) is 0 Å². The average Bonchev–Trinajstić information content (AvgIpc) is 2.28. The lowest BCUT2D eigenvalue weighted by Crippen LogP contribution is -2.34. The Morgan fingerprint density at radius 1 is 1.50 bits per heavy atom. The zero-order valence-electron chi connectivity index (χ0n) is 12.0. The number of carboxylic acids is 1. The molecule has 1 N–H and O–H groups in total. The van der Waals surface area contributed by atoms with Gasteiger partial charge in [-0.15, -0.1) is 0 Å². The third kappa shape index (κ3) is 3.26. The maximum Gasteiger partial charge on any atom is 0.338 e. The van der Waals surface area contributed by atoms with Crippen molar-refractivity contribution in [2.45, 2.75) is 46.1 Å². The highest BCUT2D eigenvalue weighted by atomic mass is 19.1. The fourth-order valence-electron chi connectivity index (χ4n) is 3.18. The van der Waals surface area contributed by atoms with Crippen LogP contribution in [-0.4, -0.2) is 22.2 Å². The molecular formula is C15H20FNO3. The van der Waals surface area contributed by atoms with E-state index in [1.165, 1.54) is 6.20 Å². The monoisotopic (exact) mass is 281 g/mol. The summed E-state index contributed by atoms with van der Waals surface area (Å²) in [6.45, 7) is 6.47. The minimum absolute atomic E-state index is 0.125.